The van der Waals surface area contributed by atoms with Gasteiger partial charge in [0.05, 0.1) is 12.3 Å². The zero-order chi connectivity index (χ0) is 20.6. The Hall–Kier alpha value is -2.77. The second-order valence-corrected chi connectivity index (χ2v) is 7.41. The lowest BCUT2D eigenvalue weighted by molar-refractivity contribution is 0.194. The van der Waals surface area contributed by atoms with Gasteiger partial charge in [-0.25, -0.2) is 4.79 Å². The van der Waals surface area contributed by atoms with Crippen LogP contribution in [-0.2, 0) is 6.42 Å². The number of hydrogen-bond donors (Lipinski definition) is 1. The van der Waals surface area contributed by atoms with Crippen LogP contribution in [0.1, 0.15) is 44.8 Å². The van der Waals surface area contributed by atoms with Crippen molar-refractivity contribution in [2.75, 3.05) is 44.2 Å². The van der Waals surface area contributed by atoms with Crippen molar-refractivity contribution in [3.63, 3.8) is 0 Å². The molecule has 0 bridgehead atoms. The molecular formula is C21H31N5O3. The summed E-state index contributed by atoms with van der Waals surface area (Å²) < 4.78 is 11.0. The maximum Gasteiger partial charge on any atom is 0.317 e. The van der Waals surface area contributed by atoms with Crippen LogP contribution < -0.4 is 15.0 Å². The average Bonchev–Trinajstić information content (AvgIpc) is 3.21. The smallest absolute Gasteiger partial charge is 0.317 e. The molecule has 0 atom stereocenters. The Kier molecular flexibility index (Phi) is 7.32. The first kappa shape index (κ1) is 21.0. The molecule has 1 aliphatic heterocycles. The van der Waals surface area contributed by atoms with Crippen molar-refractivity contribution in [2.24, 2.45) is 0 Å². The van der Waals surface area contributed by atoms with E-state index in [4.69, 9.17) is 9.26 Å². The maximum atomic E-state index is 12.4. The van der Waals surface area contributed by atoms with Gasteiger partial charge in [0.15, 0.2) is 5.82 Å². The molecule has 1 fully saturated rings. The predicted octanol–water partition coefficient (Wildman–Crippen LogP) is 3.06. The summed E-state index contributed by atoms with van der Waals surface area (Å²) >= 11 is 0. The van der Waals surface area contributed by atoms with Gasteiger partial charge in [-0.05, 0) is 25.5 Å². The van der Waals surface area contributed by atoms with Gasteiger partial charge < -0.3 is 24.4 Å². The number of carbonyl (C=O) groups excluding carboxylic acids is 1. The lowest BCUT2D eigenvalue weighted by atomic mass is 10.2. The standard InChI is InChI=1S/C21H31N5O3/c1-4-28-18-9-6-5-8-17(18)25-12-14-26(15-13-25)21(27)22-11-7-10-19-23-20(16(2)3)24-29-19/h5-6,8-9,16H,4,7,10-15H2,1-3H3,(H,22,27). The Morgan fingerprint density at radius 3 is 2.69 bits per heavy atom. The first-order valence-corrected chi connectivity index (χ1v) is 10.4. The normalized spacial score (nSPS) is 14.3. The van der Waals surface area contributed by atoms with Gasteiger partial charge in [0.2, 0.25) is 5.89 Å². The molecule has 29 heavy (non-hydrogen) atoms. The molecule has 2 heterocycles. The number of para-hydroxylation sites is 2. The largest absolute Gasteiger partial charge is 0.492 e. The summed E-state index contributed by atoms with van der Waals surface area (Å²) in [4.78, 5) is 20.9. The second kappa shape index (κ2) is 10.1. The summed E-state index contributed by atoms with van der Waals surface area (Å²) in [6.07, 6.45) is 1.44. The van der Waals surface area contributed by atoms with Crippen LogP contribution in [0, 0.1) is 0 Å². The number of benzene rings is 1. The maximum absolute atomic E-state index is 12.4. The van der Waals surface area contributed by atoms with Gasteiger partial charge in [0, 0.05) is 45.1 Å². The van der Waals surface area contributed by atoms with Crippen LogP contribution >= 0.6 is 0 Å². The van der Waals surface area contributed by atoms with Crippen LogP contribution in [-0.4, -0.2) is 60.4 Å². The molecule has 0 radical (unpaired) electrons. The Bertz CT molecular complexity index is 784. The van der Waals surface area contributed by atoms with Crippen LogP contribution in [0.2, 0.25) is 0 Å². The van der Waals surface area contributed by atoms with Crippen molar-refractivity contribution in [2.45, 2.75) is 39.5 Å². The molecule has 2 amide bonds. The molecular weight excluding hydrogens is 370 g/mol. The number of aromatic nitrogens is 2. The van der Waals surface area contributed by atoms with E-state index in [-0.39, 0.29) is 11.9 Å². The third-order valence-corrected chi connectivity index (χ3v) is 4.92. The van der Waals surface area contributed by atoms with E-state index in [2.05, 4.69) is 26.4 Å². The first-order valence-electron chi connectivity index (χ1n) is 10.4. The number of anilines is 1. The fraction of sp³-hybridized carbons (Fsp3) is 0.571. The highest BCUT2D eigenvalue weighted by Crippen LogP contribution is 2.28. The molecule has 1 N–H and O–H groups in total. The summed E-state index contributed by atoms with van der Waals surface area (Å²) in [5, 5.41) is 6.95. The van der Waals surface area contributed by atoms with E-state index in [1.165, 1.54) is 0 Å². The quantitative estimate of drug-likeness (QED) is 0.685. The molecule has 1 aromatic heterocycles. The van der Waals surface area contributed by atoms with E-state index in [0.717, 1.165) is 36.8 Å². The number of ether oxygens (including phenoxy) is 1. The number of nitrogens with zero attached hydrogens (tertiary/aromatic N) is 4. The van der Waals surface area contributed by atoms with Crippen molar-refractivity contribution >= 4 is 11.7 Å². The third-order valence-electron chi connectivity index (χ3n) is 4.92. The molecule has 1 aromatic carbocycles. The molecule has 8 nitrogen and oxygen atoms in total. The number of amides is 2. The minimum Gasteiger partial charge on any atom is -0.492 e. The van der Waals surface area contributed by atoms with E-state index in [1.54, 1.807) is 0 Å². The molecule has 0 unspecified atom stereocenters. The van der Waals surface area contributed by atoms with E-state index in [0.29, 0.717) is 38.6 Å². The minimum absolute atomic E-state index is 0.0175. The van der Waals surface area contributed by atoms with Crippen molar-refractivity contribution in [1.29, 1.82) is 0 Å². The summed E-state index contributed by atoms with van der Waals surface area (Å²) in [6.45, 7) is 10.2. The summed E-state index contributed by atoms with van der Waals surface area (Å²) in [5.74, 6) is 2.51. The van der Waals surface area contributed by atoms with Crippen molar-refractivity contribution in [3.05, 3.63) is 36.0 Å². The van der Waals surface area contributed by atoms with Crippen molar-refractivity contribution in [1.82, 2.24) is 20.4 Å². The number of rotatable bonds is 8. The van der Waals surface area contributed by atoms with Gasteiger partial charge in [0.1, 0.15) is 5.75 Å². The van der Waals surface area contributed by atoms with Crippen LogP contribution in [0.3, 0.4) is 0 Å². The SMILES string of the molecule is CCOc1ccccc1N1CCN(C(=O)NCCCc2nc(C(C)C)no2)CC1. The zero-order valence-corrected chi connectivity index (χ0v) is 17.6. The Morgan fingerprint density at radius 2 is 2.00 bits per heavy atom. The highest BCUT2D eigenvalue weighted by molar-refractivity contribution is 5.74. The molecule has 0 spiro atoms. The lowest BCUT2D eigenvalue weighted by Crippen LogP contribution is -2.52. The summed E-state index contributed by atoms with van der Waals surface area (Å²) in [6, 6.07) is 8.05. The molecule has 8 heteroatoms. The van der Waals surface area contributed by atoms with Gasteiger partial charge in [-0.2, -0.15) is 4.98 Å². The Morgan fingerprint density at radius 1 is 1.24 bits per heavy atom. The van der Waals surface area contributed by atoms with Crippen LogP contribution in [0.5, 0.6) is 5.75 Å². The fourth-order valence-corrected chi connectivity index (χ4v) is 3.30. The van der Waals surface area contributed by atoms with Gasteiger partial charge in [-0.15, -0.1) is 0 Å². The zero-order valence-electron chi connectivity index (χ0n) is 17.6. The van der Waals surface area contributed by atoms with E-state index >= 15 is 0 Å². The van der Waals surface area contributed by atoms with E-state index in [9.17, 15) is 4.79 Å². The second-order valence-electron chi connectivity index (χ2n) is 7.41. The number of aryl methyl sites for hydroxylation is 1. The molecule has 2 aromatic rings. The number of piperazine rings is 1. The number of urea groups is 1. The first-order chi connectivity index (χ1) is 14.1. The van der Waals surface area contributed by atoms with Gasteiger partial charge in [-0.3, -0.25) is 0 Å². The van der Waals surface area contributed by atoms with E-state index < -0.39 is 0 Å². The van der Waals surface area contributed by atoms with E-state index in [1.807, 2.05) is 43.9 Å². The Balaban J connectivity index is 1.40. The third kappa shape index (κ3) is 5.62. The molecule has 1 saturated heterocycles. The highest BCUT2D eigenvalue weighted by Gasteiger charge is 2.22. The number of carbonyl (C=O) groups is 1. The fourth-order valence-electron chi connectivity index (χ4n) is 3.30. The molecule has 1 aliphatic rings. The lowest BCUT2D eigenvalue weighted by Gasteiger charge is -2.36. The average molecular weight is 402 g/mol. The van der Waals surface area contributed by atoms with Crippen LogP contribution in [0.25, 0.3) is 0 Å². The predicted molar refractivity (Wildman–Crippen MR) is 112 cm³/mol. The highest BCUT2D eigenvalue weighted by atomic mass is 16.5. The number of hydrogen-bond acceptors (Lipinski definition) is 6. The molecule has 3 rings (SSSR count). The molecule has 0 saturated carbocycles. The van der Waals surface area contributed by atoms with Crippen molar-refractivity contribution < 1.29 is 14.1 Å². The van der Waals surface area contributed by atoms with Crippen molar-refractivity contribution in [3.8, 4) is 5.75 Å². The number of nitrogens with one attached hydrogen (secondary N) is 1. The topological polar surface area (TPSA) is 83.7 Å². The van der Waals surface area contributed by atoms with Crippen LogP contribution in [0.15, 0.2) is 28.8 Å². The van der Waals surface area contributed by atoms with Gasteiger partial charge >= 0.3 is 6.03 Å². The minimum atomic E-state index is -0.0175. The summed E-state index contributed by atoms with van der Waals surface area (Å²) in [5.41, 5.74) is 1.09. The summed E-state index contributed by atoms with van der Waals surface area (Å²) in [7, 11) is 0. The van der Waals surface area contributed by atoms with Gasteiger partial charge in [-0.1, -0.05) is 31.1 Å². The monoisotopic (exact) mass is 401 g/mol. The van der Waals surface area contributed by atoms with Crippen LogP contribution in [0.4, 0.5) is 10.5 Å². The van der Waals surface area contributed by atoms with Gasteiger partial charge in [0.25, 0.3) is 0 Å². The molecule has 0 aliphatic carbocycles. The molecule has 158 valence electrons. The Labute approximate surface area is 172 Å².